The lowest BCUT2D eigenvalue weighted by molar-refractivity contribution is 0.104. The normalized spacial score (nSPS) is 10.6. The van der Waals surface area contributed by atoms with Gasteiger partial charge in [0.25, 0.3) is 0 Å². The lowest BCUT2D eigenvalue weighted by Gasteiger charge is -2.13. The van der Waals surface area contributed by atoms with Crippen molar-refractivity contribution < 1.29 is 19.3 Å². The van der Waals surface area contributed by atoms with Gasteiger partial charge in [0.15, 0.2) is 0 Å². The van der Waals surface area contributed by atoms with Gasteiger partial charge in [0.1, 0.15) is 24.7 Å². The Labute approximate surface area is 166 Å². The molecule has 4 nitrogen and oxygen atoms in total. The molecular weight excluding hydrogens is 352 g/mol. The smallest absolute Gasteiger partial charge is 0.123 e. The molecule has 0 aromatic heterocycles. The monoisotopic (exact) mass is 378 g/mol. The summed E-state index contributed by atoms with van der Waals surface area (Å²) in [4.78, 5) is 0. The second kappa shape index (κ2) is 11.1. The van der Waals surface area contributed by atoms with Crippen LogP contribution in [0.4, 0.5) is 0 Å². The zero-order valence-corrected chi connectivity index (χ0v) is 15.9. The van der Waals surface area contributed by atoms with E-state index in [0.717, 1.165) is 28.2 Å². The second-order valence-corrected chi connectivity index (χ2v) is 6.49. The van der Waals surface area contributed by atoms with E-state index in [0.29, 0.717) is 32.8 Å². The largest absolute Gasteiger partial charge is 0.489 e. The molecule has 0 saturated heterocycles. The summed E-state index contributed by atoms with van der Waals surface area (Å²) in [6.45, 7) is 2.09. The van der Waals surface area contributed by atoms with Gasteiger partial charge in [-0.25, -0.2) is 0 Å². The Morgan fingerprint density at radius 1 is 0.607 bits per heavy atom. The van der Waals surface area contributed by atoms with Gasteiger partial charge in [-0.3, -0.25) is 0 Å². The topological polar surface area (TPSA) is 47.9 Å². The van der Waals surface area contributed by atoms with Crippen LogP contribution in [-0.4, -0.2) is 18.3 Å². The average Bonchev–Trinajstić information content (AvgIpc) is 2.75. The Morgan fingerprint density at radius 3 is 1.64 bits per heavy atom. The summed E-state index contributed by atoms with van der Waals surface area (Å²) in [6, 6.07) is 26.0. The molecule has 0 unspecified atom stereocenters. The molecule has 0 heterocycles. The third-order valence-corrected chi connectivity index (χ3v) is 4.15. The summed E-state index contributed by atoms with van der Waals surface area (Å²) in [6.07, 6.45) is 0.627. The van der Waals surface area contributed by atoms with E-state index in [2.05, 4.69) is 0 Å². The van der Waals surface area contributed by atoms with E-state index in [9.17, 15) is 0 Å². The van der Waals surface area contributed by atoms with Crippen molar-refractivity contribution in [3.63, 3.8) is 0 Å². The van der Waals surface area contributed by atoms with Gasteiger partial charge < -0.3 is 19.3 Å². The fourth-order valence-corrected chi connectivity index (χ4v) is 2.72. The maximum atomic E-state index is 8.89. The van der Waals surface area contributed by atoms with Crippen LogP contribution in [0.1, 0.15) is 23.1 Å². The highest BCUT2D eigenvalue weighted by molar-refractivity contribution is 5.38. The van der Waals surface area contributed by atoms with Gasteiger partial charge in [0, 0.05) is 19.3 Å². The van der Waals surface area contributed by atoms with E-state index >= 15 is 0 Å². The van der Waals surface area contributed by atoms with Gasteiger partial charge in [-0.15, -0.1) is 0 Å². The van der Waals surface area contributed by atoms with Crippen molar-refractivity contribution in [2.24, 2.45) is 0 Å². The van der Waals surface area contributed by atoms with Crippen LogP contribution in [0.15, 0.2) is 78.9 Å². The van der Waals surface area contributed by atoms with Gasteiger partial charge >= 0.3 is 0 Å². The first-order chi connectivity index (χ1) is 13.8. The number of ether oxygens (including phenoxy) is 3. The highest BCUT2D eigenvalue weighted by atomic mass is 16.5. The molecule has 0 radical (unpaired) electrons. The van der Waals surface area contributed by atoms with Crippen molar-refractivity contribution >= 4 is 0 Å². The number of aliphatic hydroxyl groups excluding tert-OH is 1. The van der Waals surface area contributed by atoms with Crippen molar-refractivity contribution in [3.05, 3.63) is 95.6 Å². The molecule has 0 fully saturated rings. The van der Waals surface area contributed by atoms with Gasteiger partial charge in [0.05, 0.1) is 6.61 Å². The molecule has 0 saturated carbocycles. The fourth-order valence-electron chi connectivity index (χ4n) is 2.72. The van der Waals surface area contributed by atoms with Crippen LogP contribution < -0.4 is 9.47 Å². The quantitative estimate of drug-likeness (QED) is 0.490. The van der Waals surface area contributed by atoms with Crippen LogP contribution in [0.5, 0.6) is 11.5 Å². The molecule has 0 aliphatic heterocycles. The van der Waals surface area contributed by atoms with Crippen molar-refractivity contribution in [3.8, 4) is 11.5 Å². The zero-order valence-electron chi connectivity index (χ0n) is 15.9. The van der Waals surface area contributed by atoms with E-state index in [4.69, 9.17) is 19.3 Å². The third-order valence-electron chi connectivity index (χ3n) is 4.15. The van der Waals surface area contributed by atoms with Gasteiger partial charge in [-0.05, 0) is 35.2 Å². The van der Waals surface area contributed by atoms with Crippen molar-refractivity contribution in [1.29, 1.82) is 0 Å². The first-order valence-corrected chi connectivity index (χ1v) is 9.49. The highest BCUT2D eigenvalue weighted by Gasteiger charge is 2.05. The summed E-state index contributed by atoms with van der Waals surface area (Å²) >= 11 is 0. The molecule has 0 spiro atoms. The van der Waals surface area contributed by atoms with Gasteiger partial charge in [-0.1, -0.05) is 60.7 Å². The van der Waals surface area contributed by atoms with Crippen LogP contribution in [-0.2, 0) is 24.6 Å². The summed E-state index contributed by atoms with van der Waals surface area (Å²) in [5.74, 6) is 1.49. The maximum Gasteiger partial charge on any atom is 0.123 e. The molecule has 0 aliphatic carbocycles. The second-order valence-electron chi connectivity index (χ2n) is 6.49. The molecular formula is C24H26O4. The molecule has 146 valence electrons. The van der Waals surface area contributed by atoms with Crippen LogP contribution in [0, 0.1) is 0 Å². The summed E-state index contributed by atoms with van der Waals surface area (Å²) in [7, 11) is 0. The van der Waals surface area contributed by atoms with Crippen LogP contribution in [0.25, 0.3) is 0 Å². The average molecular weight is 378 g/mol. The van der Waals surface area contributed by atoms with Crippen LogP contribution in [0.2, 0.25) is 0 Å². The minimum Gasteiger partial charge on any atom is -0.489 e. The molecule has 3 aromatic carbocycles. The third kappa shape index (κ3) is 6.72. The standard InChI is InChI=1S/C24H26O4/c25-12-7-13-26-17-22-14-23(27-18-20-8-3-1-4-9-20)16-24(15-22)28-19-21-10-5-2-6-11-21/h1-6,8-11,14-16,25H,7,12-13,17-19H2. The minimum atomic E-state index is 0.131. The van der Waals surface area contributed by atoms with E-state index in [-0.39, 0.29) is 6.61 Å². The summed E-state index contributed by atoms with van der Waals surface area (Å²) in [5, 5.41) is 8.89. The van der Waals surface area contributed by atoms with Crippen LogP contribution >= 0.6 is 0 Å². The summed E-state index contributed by atoms with van der Waals surface area (Å²) in [5.41, 5.74) is 3.20. The fraction of sp³-hybridized carbons (Fsp3) is 0.250. The Kier molecular flexibility index (Phi) is 7.91. The Morgan fingerprint density at radius 2 is 1.14 bits per heavy atom. The summed E-state index contributed by atoms with van der Waals surface area (Å²) < 4.78 is 17.6. The van der Waals surface area contributed by atoms with E-state index < -0.39 is 0 Å². The highest BCUT2D eigenvalue weighted by Crippen LogP contribution is 2.25. The molecule has 0 aliphatic rings. The van der Waals surface area contributed by atoms with E-state index in [1.54, 1.807) is 0 Å². The molecule has 0 bridgehead atoms. The van der Waals surface area contributed by atoms with Crippen molar-refractivity contribution in [2.45, 2.75) is 26.2 Å². The molecule has 3 rings (SSSR count). The number of hydrogen-bond acceptors (Lipinski definition) is 4. The first-order valence-electron chi connectivity index (χ1n) is 9.49. The number of aliphatic hydroxyl groups is 1. The number of rotatable bonds is 11. The molecule has 3 aromatic rings. The SMILES string of the molecule is OCCCOCc1cc(OCc2ccccc2)cc(OCc2ccccc2)c1. The number of hydrogen-bond donors (Lipinski definition) is 1. The van der Waals surface area contributed by atoms with Crippen molar-refractivity contribution in [2.75, 3.05) is 13.2 Å². The van der Waals surface area contributed by atoms with Crippen molar-refractivity contribution in [1.82, 2.24) is 0 Å². The lowest BCUT2D eigenvalue weighted by atomic mass is 10.2. The maximum absolute atomic E-state index is 8.89. The predicted molar refractivity (Wildman–Crippen MR) is 109 cm³/mol. The van der Waals surface area contributed by atoms with Gasteiger partial charge in [-0.2, -0.15) is 0 Å². The first kappa shape index (κ1) is 19.9. The Bertz CT molecular complexity index is 757. The zero-order chi connectivity index (χ0) is 19.4. The Balaban J connectivity index is 1.67. The Hall–Kier alpha value is -2.82. The molecule has 0 amide bonds. The van der Waals surface area contributed by atoms with E-state index in [1.165, 1.54) is 0 Å². The molecule has 0 atom stereocenters. The molecule has 28 heavy (non-hydrogen) atoms. The predicted octanol–water partition coefficient (Wildman–Crippen LogP) is 4.74. The minimum absolute atomic E-state index is 0.131. The van der Waals surface area contributed by atoms with E-state index in [1.807, 2.05) is 78.9 Å². The van der Waals surface area contributed by atoms with Gasteiger partial charge in [0.2, 0.25) is 0 Å². The number of benzene rings is 3. The van der Waals surface area contributed by atoms with Crippen LogP contribution in [0.3, 0.4) is 0 Å². The molecule has 1 N–H and O–H groups in total. The molecule has 4 heteroatoms. The lowest BCUT2D eigenvalue weighted by Crippen LogP contribution is -2.01.